The third-order valence-electron chi connectivity index (χ3n) is 4.19. The molecule has 0 aliphatic carbocycles. The van der Waals surface area contributed by atoms with Crippen molar-refractivity contribution in [3.63, 3.8) is 0 Å². The molecule has 0 bridgehead atoms. The van der Waals surface area contributed by atoms with Crippen molar-refractivity contribution in [1.82, 2.24) is 14.8 Å². The van der Waals surface area contributed by atoms with E-state index in [1.54, 1.807) is 49.5 Å². The van der Waals surface area contributed by atoms with E-state index < -0.39 is 0 Å². The van der Waals surface area contributed by atoms with Gasteiger partial charge in [-0.1, -0.05) is 18.2 Å². The Labute approximate surface area is 162 Å². The minimum atomic E-state index is -0.244. The molecule has 140 valence electrons. The quantitative estimate of drug-likeness (QED) is 0.742. The van der Waals surface area contributed by atoms with E-state index in [0.29, 0.717) is 17.8 Å². The van der Waals surface area contributed by atoms with E-state index in [2.05, 4.69) is 10.3 Å². The van der Waals surface area contributed by atoms with Crippen LogP contribution in [0, 0.1) is 6.92 Å². The lowest BCUT2D eigenvalue weighted by Gasteiger charge is -2.18. The Morgan fingerprint density at radius 1 is 1.11 bits per heavy atom. The van der Waals surface area contributed by atoms with Gasteiger partial charge in [-0.15, -0.1) is 11.3 Å². The van der Waals surface area contributed by atoms with Crippen LogP contribution in [0.3, 0.4) is 0 Å². The monoisotopic (exact) mass is 382 g/mol. The van der Waals surface area contributed by atoms with E-state index in [1.165, 1.54) is 4.90 Å². The van der Waals surface area contributed by atoms with Crippen LogP contribution in [0.1, 0.15) is 20.9 Å². The van der Waals surface area contributed by atoms with Crippen LogP contribution in [0.25, 0.3) is 10.2 Å². The fourth-order valence-electron chi connectivity index (χ4n) is 2.62. The zero-order valence-corrected chi connectivity index (χ0v) is 16.6. The normalized spacial score (nSPS) is 10.7. The van der Waals surface area contributed by atoms with Gasteiger partial charge >= 0.3 is 6.03 Å². The summed E-state index contributed by atoms with van der Waals surface area (Å²) in [7, 11) is 5.13. The zero-order chi connectivity index (χ0) is 19.6. The predicted molar refractivity (Wildman–Crippen MR) is 109 cm³/mol. The number of hydrogen-bond acceptors (Lipinski definition) is 4. The van der Waals surface area contributed by atoms with Crippen molar-refractivity contribution in [2.24, 2.45) is 0 Å². The van der Waals surface area contributed by atoms with Crippen LogP contribution in [0.2, 0.25) is 0 Å². The summed E-state index contributed by atoms with van der Waals surface area (Å²) >= 11 is 1.58. The number of carbonyl (C=O) groups is 2. The van der Waals surface area contributed by atoms with Crippen LogP contribution < -0.4 is 5.32 Å². The Hall–Kier alpha value is -2.93. The summed E-state index contributed by atoms with van der Waals surface area (Å²) < 4.78 is 1.10. The van der Waals surface area contributed by atoms with Gasteiger partial charge in [0, 0.05) is 32.4 Å². The summed E-state index contributed by atoms with van der Waals surface area (Å²) in [6.07, 6.45) is 0. The second-order valence-corrected chi connectivity index (χ2v) is 7.71. The molecule has 0 saturated heterocycles. The second kappa shape index (κ2) is 7.75. The summed E-state index contributed by atoms with van der Waals surface area (Å²) in [4.78, 5) is 32.4. The lowest BCUT2D eigenvalue weighted by Crippen LogP contribution is -2.31. The summed E-state index contributed by atoms with van der Waals surface area (Å²) in [5.41, 5.74) is 3.00. The number of urea groups is 1. The number of aromatic nitrogens is 1. The van der Waals surface area contributed by atoms with Crippen LogP contribution in [-0.4, -0.2) is 47.9 Å². The Bertz CT molecular complexity index is 964. The van der Waals surface area contributed by atoms with Crippen molar-refractivity contribution in [1.29, 1.82) is 0 Å². The minimum absolute atomic E-state index is 0.103. The van der Waals surface area contributed by atoms with Gasteiger partial charge in [-0.3, -0.25) is 4.79 Å². The minimum Gasteiger partial charge on any atom is -0.345 e. The molecule has 1 heterocycles. The second-order valence-electron chi connectivity index (χ2n) is 6.59. The molecule has 2 aromatic carbocycles. The Morgan fingerprint density at radius 2 is 1.85 bits per heavy atom. The Kier molecular flexibility index (Phi) is 5.41. The SMILES string of the molecule is Cc1ccc(C(=O)N(C)C)cc1NC(=O)N(C)Cc1nc2ccccc2s1. The van der Waals surface area contributed by atoms with Crippen molar-refractivity contribution in [2.45, 2.75) is 13.5 Å². The molecule has 0 saturated carbocycles. The summed E-state index contributed by atoms with van der Waals surface area (Å²) in [5.74, 6) is -0.103. The van der Waals surface area contributed by atoms with Gasteiger partial charge in [-0.25, -0.2) is 9.78 Å². The molecule has 3 aromatic rings. The fraction of sp³-hybridized carbons (Fsp3) is 0.250. The molecule has 7 heteroatoms. The smallest absolute Gasteiger partial charge is 0.321 e. The van der Waals surface area contributed by atoms with Gasteiger partial charge < -0.3 is 15.1 Å². The predicted octanol–water partition coefficient (Wildman–Crippen LogP) is 3.97. The summed E-state index contributed by atoms with van der Waals surface area (Å²) in [6, 6.07) is 13.0. The number of thiazole rings is 1. The van der Waals surface area contributed by atoms with Gasteiger partial charge in [-0.2, -0.15) is 0 Å². The fourth-order valence-corrected chi connectivity index (χ4v) is 3.64. The van der Waals surface area contributed by atoms with E-state index in [-0.39, 0.29) is 11.9 Å². The van der Waals surface area contributed by atoms with Crippen molar-refractivity contribution in [3.8, 4) is 0 Å². The Morgan fingerprint density at radius 3 is 2.56 bits per heavy atom. The topological polar surface area (TPSA) is 65.5 Å². The van der Waals surface area contributed by atoms with Crippen LogP contribution in [0.15, 0.2) is 42.5 Å². The number of amides is 3. The number of fused-ring (bicyclic) bond motifs is 1. The highest BCUT2D eigenvalue weighted by Gasteiger charge is 2.15. The molecule has 0 fully saturated rings. The van der Waals surface area contributed by atoms with Gasteiger partial charge in [0.2, 0.25) is 0 Å². The van der Waals surface area contributed by atoms with E-state index in [1.807, 2.05) is 37.3 Å². The lowest BCUT2D eigenvalue weighted by molar-refractivity contribution is 0.0827. The van der Waals surface area contributed by atoms with E-state index in [9.17, 15) is 9.59 Å². The lowest BCUT2D eigenvalue weighted by atomic mass is 10.1. The molecular weight excluding hydrogens is 360 g/mol. The molecular formula is C20H22N4O2S. The average molecular weight is 382 g/mol. The number of carbonyl (C=O) groups excluding carboxylic acids is 2. The van der Waals surface area contributed by atoms with E-state index >= 15 is 0 Å². The number of anilines is 1. The standard InChI is InChI=1S/C20H22N4O2S/c1-13-9-10-14(19(25)23(2)3)11-16(13)22-20(26)24(4)12-18-21-15-7-5-6-8-17(15)27-18/h5-11H,12H2,1-4H3,(H,22,26). The first-order valence-electron chi connectivity index (χ1n) is 8.54. The van der Waals surface area contributed by atoms with Crippen LogP contribution in [0.4, 0.5) is 10.5 Å². The molecule has 0 atom stereocenters. The molecule has 0 aliphatic rings. The van der Waals surface area contributed by atoms with Crippen molar-refractivity contribution < 1.29 is 9.59 Å². The van der Waals surface area contributed by atoms with Crippen LogP contribution in [0.5, 0.6) is 0 Å². The molecule has 0 unspecified atom stereocenters. The number of aryl methyl sites for hydroxylation is 1. The number of hydrogen-bond donors (Lipinski definition) is 1. The maximum Gasteiger partial charge on any atom is 0.321 e. The molecule has 1 N–H and O–H groups in total. The van der Waals surface area contributed by atoms with Gasteiger partial charge in [0.15, 0.2) is 0 Å². The zero-order valence-electron chi connectivity index (χ0n) is 15.8. The van der Waals surface area contributed by atoms with Crippen molar-refractivity contribution >= 4 is 39.2 Å². The van der Waals surface area contributed by atoms with Gasteiger partial charge in [-0.05, 0) is 36.8 Å². The number of rotatable bonds is 4. The highest BCUT2D eigenvalue weighted by Crippen LogP contribution is 2.23. The molecule has 0 aliphatic heterocycles. The van der Waals surface area contributed by atoms with Crippen molar-refractivity contribution in [2.75, 3.05) is 26.5 Å². The first kappa shape index (κ1) is 18.8. The average Bonchev–Trinajstić information content (AvgIpc) is 3.04. The van der Waals surface area contributed by atoms with Crippen LogP contribution in [-0.2, 0) is 6.54 Å². The van der Waals surface area contributed by atoms with E-state index in [4.69, 9.17) is 0 Å². The highest BCUT2D eigenvalue weighted by molar-refractivity contribution is 7.18. The van der Waals surface area contributed by atoms with Gasteiger partial charge in [0.25, 0.3) is 5.91 Å². The summed E-state index contributed by atoms with van der Waals surface area (Å²) in [5, 5.41) is 3.77. The third-order valence-corrected chi connectivity index (χ3v) is 5.21. The first-order chi connectivity index (χ1) is 12.8. The number of para-hydroxylation sites is 1. The van der Waals surface area contributed by atoms with Gasteiger partial charge in [0.1, 0.15) is 5.01 Å². The molecule has 0 spiro atoms. The summed E-state index contributed by atoms with van der Waals surface area (Å²) in [6.45, 7) is 2.31. The number of benzene rings is 2. The van der Waals surface area contributed by atoms with Crippen LogP contribution >= 0.6 is 11.3 Å². The number of nitrogens with one attached hydrogen (secondary N) is 1. The van der Waals surface area contributed by atoms with Gasteiger partial charge in [0.05, 0.1) is 16.8 Å². The molecule has 0 radical (unpaired) electrons. The Balaban J connectivity index is 1.72. The maximum absolute atomic E-state index is 12.6. The highest BCUT2D eigenvalue weighted by atomic mass is 32.1. The maximum atomic E-state index is 12.6. The third kappa shape index (κ3) is 4.25. The molecule has 3 amide bonds. The molecule has 3 rings (SSSR count). The molecule has 1 aromatic heterocycles. The largest absolute Gasteiger partial charge is 0.345 e. The van der Waals surface area contributed by atoms with Crippen molar-refractivity contribution in [3.05, 3.63) is 58.6 Å². The first-order valence-corrected chi connectivity index (χ1v) is 9.35. The molecule has 6 nitrogen and oxygen atoms in total. The number of nitrogens with zero attached hydrogens (tertiary/aromatic N) is 3. The van der Waals surface area contributed by atoms with E-state index in [0.717, 1.165) is 20.8 Å². The molecule has 27 heavy (non-hydrogen) atoms.